The van der Waals surface area contributed by atoms with Gasteiger partial charge < -0.3 is 14.6 Å². The van der Waals surface area contributed by atoms with Crippen LogP contribution in [-0.2, 0) is 0 Å². The number of rotatable bonds is 5. The Balaban J connectivity index is 0.00000200. The first-order valence-electron chi connectivity index (χ1n) is 6.24. The molecule has 0 aliphatic heterocycles. The van der Waals surface area contributed by atoms with E-state index in [1.54, 1.807) is 12.3 Å². The van der Waals surface area contributed by atoms with Crippen molar-refractivity contribution in [2.45, 2.75) is 0 Å². The lowest BCUT2D eigenvalue weighted by molar-refractivity contribution is 0.0951. The molecule has 0 atom stereocenters. The predicted octanol–water partition coefficient (Wildman–Crippen LogP) is 3.08. The first kappa shape index (κ1) is 19.5. The van der Waals surface area contributed by atoms with Gasteiger partial charge in [0.15, 0.2) is 0 Å². The minimum absolute atomic E-state index is 0. The average molecular weight is 331 g/mol. The van der Waals surface area contributed by atoms with E-state index in [2.05, 4.69) is 5.32 Å². The van der Waals surface area contributed by atoms with Crippen LogP contribution in [0.1, 0.15) is 10.4 Å². The summed E-state index contributed by atoms with van der Waals surface area (Å²) >= 11 is 0. The van der Waals surface area contributed by atoms with Crippen LogP contribution >= 0.6 is 24.8 Å². The molecule has 0 unspecified atom stereocenters. The SMILES string of the molecule is CN(C)CCNC(=O)c1ccoc1-c1ccccc1.Cl.Cl. The maximum atomic E-state index is 12.1. The Labute approximate surface area is 137 Å². The van der Waals surface area contributed by atoms with E-state index in [1.165, 1.54) is 0 Å². The lowest BCUT2D eigenvalue weighted by Gasteiger charge is -2.10. The minimum atomic E-state index is -0.102. The van der Waals surface area contributed by atoms with E-state index < -0.39 is 0 Å². The molecule has 1 N–H and O–H groups in total. The minimum Gasteiger partial charge on any atom is -0.464 e. The Bertz CT molecular complexity index is 542. The maximum absolute atomic E-state index is 12.1. The quantitative estimate of drug-likeness (QED) is 0.916. The number of nitrogens with zero attached hydrogens (tertiary/aromatic N) is 1. The molecule has 0 fully saturated rings. The number of halogens is 2. The molecule has 1 heterocycles. The lowest BCUT2D eigenvalue weighted by Crippen LogP contribution is -2.31. The summed E-state index contributed by atoms with van der Waals surface area (Å²) in [6.07, 6.45) is 1.54. The summed E-state index contributed by atoms with van der Waals surface area (Å²) in [6.45, 7) is 1.43. The molecule has 0 saturated carbocycles. The van der Waals surface area contributed by atoms with Crippen LogP contribution in [0.2, 0.25) is 0 Å². The molecular formula is C15H20Cl2N2O2. The average Bonchev–Trinajstić information content (AvgIpc) is 2.88. The maximum Gasteiger partial charge on any atom is 0.255 e. The van der Waals surface area contributed by atoms with Crippen LogP contribution in [0, 0.1) is 0 Å². The Hall–Kier alpha value is -1.49. The normalized spacial score (nSPS) is 9.67. The molecule has 4 nitrogen and oxygen atoms in total. The Kier molecular flexibility index (Phi) is 8.78. The molecule has 0 radical (unpaired) electrons. The number of hydrogen-bond donors (Lipinski definition) is 1. The standard InChI is InChI=1S/C15H18N2O2.2ClH/c1-17(2)10-9-16-15(18)13-8-11-19-14(13)12-6-4-3-5-7-12;;/h3-8,11H,9-10H2,1-2H3,(H,16,18);2*1H. The number of benzene rings is 1. The fourth-order valence-corrected chi connectivity index (χ4v) is 1.79. The van der Waals surface area contributed by atoms with Crippen molar-refractivity contribution in [3.63, 3.8) is 0 Å². The van der Waals surface area contributed by atoms with E-state index in [-0.39, 0.29) is 30.7 Å². The molecule has 6 heteroatoms. The number of furan rings is 1. The van der Waals surface area contributed by atoms with Crippen LogP contribution in [0.5, 0.6) is 0 Å². The van der Waals surface area contributed by atoms with Crippen molar-refractivity contribution in [1.29, 1.82) is 0 Å². The molecule has 1 aromatic carbocycles. The van der Waals surface area contributed by atoms with Crippen LogP contribution in [0.4, 0.5) is 0 Å². The first-order valence-corrected chi connectivity index (χ1v) is 6.24. The molecule has 2 aromatic rings. The molecule has 21 heavy (non-hydrogen) atoms. The summed E-state index contributed by atoms with van der Waals surface area (Å²) in [7, 11) is 3.94. The second-order valence-corrected chi connectivity index (χ2v) is 4.59. The Morgan fingerprint density at radius 1 is 1.14 bits per heavy atom. The van der Waals surface area contributed by atoms with Gasteiger partial charge in [0.05, 0.1) is 11.8 Å². The Morgan fingerprint density at radius 3 is 2.43 bits per heavy atom. The molecule has 116 valence electrons. The van der Waals surface area contributed by atoms with E-state index in [9.17, 15) is 4.79 Å². The highest BCUT2D eigenvalue weighted by atomic mass is 35.5. The van der Waals surface area contributed by atoms with Gasteiger partial charge in [0.2, 0.25) is 0 Å². The number of amides is 1. The number of hydrogen-bond acceptors (Lipinski definition) is 3. The highest BCUT2D eigenvalue weighted by Crippen LogP contribution is 2.24. The van der Waals surface area contributed by atoms with Gasteiger partial charge in [-0.1, -0.05) is 30.3 Å². The topological polar surface area (TPSA) is 45.5 Å². The first-order chi connectivity index (χ1) is 9.18. The summed E-state index contributed by atoms with van der Waals surface area (Å²) in [5.74, 6) is 0.511. The molecule has 1 aromatic heterocycles. The fourth-order valence-electron chi connectivity index (χ4n) is 1.79. The third-order valence-electron chi connectivity index (χ3n) is 2.79. The molecule has 0 aliphatic rings. The lowest BCUT2D eigenvalue weighted by atomic mass is 10.1. The van der Waals surface area contributed by atoms with Crippen molar-refractivity contribution < 1.29 is 9.21 Å². The number of likely N-dealkylation sites (N-methyl/N-ethyl adjacent to an activating group) is 1. The molecule has 0 aliphatic carbocycles. The van der Waals surface area contributed by atoms with Gasteiger partial charge in [-0.3, -0.25) is 4.79 Å². The molecule has 0 spiro atoms. The predicted molar refractivity (Wildman–Crippen MR) is 89.5 cm³/mol. The zero-order valence-electron chi connectivity index (χ0n) is 12.0. The van der Waals surface area contributed by atoms with E-state index in [1.807, 2.05) is 49.3 Å². The van der Waals surface area contributed by atoms with Gasteiger partial charge >= 0.3 is 0 Å². The van der Waals surface area contributed by atoms with Crippen molar-refractivity contribution in [2.75, 3.05) is 27.2 Å². The third kappa shape index (κ3) is 5.42. The van der Waals surface area contributed by atoms with E-state index in [0.717, 1.165) is 12.1 Å². The molecule has 2 rings (SSSR count). The molecular weight excluding hydrogens is 311 g/mol. The van der Waals surface area contributed by atoms with Gasteiger partial charge in [-0.25, -0.2) is 0 Å². The number of carbonyl (C=O) groups is 1. The van der Waals surface area contributed by atoms with Crippen LogP contribution in [0.15, 0.2) is 47.1 Å². The highest BCUT2D eigenvalue weighted by Gasteiger charge is 2.15. The third-order valence-corrected chi connectivity index (χ3v) is 2.79. The van der Waals surface area contributed by atoms with Crippen LogP contribution < -0.4 is 5.32 Å². The highest BCUT2D eigenvalue weighted by molar-refractivity contribution is 5.99. The van der Waals surface area contributed by atoms with Gasteiger partial charge in [-0.2, -0.15) is 0 Å². The summed E-state index contributed by atoms with van der Waals surface area (Å²) in [6, 6.07) is 11.3. The van der Waals surface area contributed by atoms with Crippen LogP contribution in [-0.4, -0.2) is 38.0 Å². The van der Waals surface area contributed by atoms with Crippen LogP contribution in [0.25, 0.3) is 11.3 Å². The molecule has 0 bridgehead atoms. The van der Waals surface area contributed by atoms with Crippen molar-refractivity contribution in [1.82, 2.24) is 10.2 Å². The summed E-state index contributed by atoms with van der Waals surface area (Å²) in [4.78, 5) is 14.1. The largest absolute Gasteiger partial charge is 0.464 e. The van der Waals surface area contributed by atoms with Crippen molar-refractivity contribution in [3.8, 4) is 11.3 Å². The van der Waals surface area contributed by atoms with Gasteiger partial charge in [-0.05, 0) is 20.2 Å². The number of nitrogens with one attached hydrogen (secondary N) is 1. The smallest absolute Gasteiger partial charge is 0.255 e. The van der Waals surface area contributed by atoms with Crippen molar-refractivity contribution in [3.05, 3.63) is 48.2 Å². The van der Waals surface area contributed by atoms with Crippen molar-refractivity contribution >= 4 is 30.7 Å². The number of carbonyl (C=O) groups excluding carboxylic acids is 1. The summed E-state index contributed by atoms with van der Waals surface area (Å²) in [5, 5.41) is 2.89. The van der Waals surface area contributed by atoms with Gasteiger partial charge in [0, 0.05) is 18.7 Å². The second-order valence-electron chi connectivity index (χ2n) is 4.59. The Morgan fingerprint density at radius 2 is 1.81 bits per heavy atom. The van der Waals surface area contributed by atoms with Gasteiger partial charge in [-0.15, -0.1) is 24.8 Å². The molecule has 0 saturated heterocycles. The van der Waals surface area contributed by atoms with Gasteiger partial charge in [0.1, 0.15) is 5.76 Å². The van der Waals surface area contributed by atoms with Crippen LogP contribution in [0.3, 0.4) is 0 Å². The molecule has 1 amide bonds. The van der Waals surface area contributed by atoms with E-state index >= 15 is 0 Å². The van der Waals surface area contributed by atoms with E-state index in [4.69, 9.17) is 4.42 Å². The summed E-state index contributed by atoms with van der Waals surface area (Å²) < 4.78 is 5.43. The fraction of sp³-hybridized carbons (Fsp3) is 0.267. The second kappa shape index (κ2) is 9.45. The zero-order chi connectivity index (χ0) is 13.7. The monoisotopic (exact) mass is 330 g/mol. The van der Waals surface area contributed by atoms with Gasteiger partial charge in [0.25, 0.3) is 5.91 Å². The van der Waals surface area contributed by atoms with E-state index in [0.29, 0.717) is 17.9 Å². The van der Waals surface area contributed by atoms with Crippen molar-refractivity contribution in [2.24, 2.45) is 0 Å². The zero-order valence-corrected chi connectivity index (χ0v) is 13.7. The summed E-state index contributed by atoms with van der Waals surface area (Å²) in [5.41, 5.74) is 1.48.